The molecule has 0 aliphatic carbocycles. The summed E-state index contributed by atoms with van der Waals surface area (Å²) in [6.45, 7) is 1.75. The van der Waals surface area contributed by atoms with E-state index in [1.807, 2.05) is 0 Å². The average Bonchev–Trinajstić information content (AvgIpc) is 2.80. The van der Waals surface area contributed by atoms with E-state index >= 15 is 0 Å². The summed E-state index contributed by atoms with van der Waals surface area (Å²) in [5, 5.41) is 3.54. The Morgan fingerprint density at radius 2 is 1.80 bits per heavy atom. The SMILES string of the molecule is Cc1c(Br)c(C(F)(F)F)nn1CCCNS(=O)(=O)c1ccc(Br)cc1. The highest BCUT2D eigenvalue weighted by Crippen LogP contribution is 2.35. The van der Waals surface area contributed by atoms with E-state index in [2.05, 4.69) is 41.7 Å². The molecule has 2 aromatic rings. The first-order chi connectivity index (χ1) is 11.5. The summed E-state index contributed by atoms with van der Waals surface area (Å²) in [6.07, 6.45) is -4.25. The van der Waals surface area contributed by atoms with Crippen LogP contribution in [-0.2, 0) is 22.7 Å². The zero-order valence-corrected chi connectivity index (χ0v) is 16.9. The summed E-state index contributed by atoms with van der Waals surface area (Å²) in [5.74, 6) is 0. The van der Waals surface area contributed by atoms with Crippen LogP contribution in [0, 0.1) is 6.92 Å². The Bertz CT molecular complexity index is 849. The molecule has 0 saturated carbocycles. The average molecular weight is 505 g/mol. The zero-order valence-electron chi connectivity index (χ0n) is 12.9. The maximum atomic E-state index is 12.8. The first kappa shape index (κ1) is 20.4. The minimum absolute atomic E-state index is 0.0800. The third-order valence-corrected chi connectivity index (χ3v) is 6.32. The maximum Gasteiger partial charge on any atom is 0.436 e. The van der Waals surface area contributed by atoms with Crippen molar-refractivity contribution in [2.45, 2.75) is 31.0 Å². The Morgan fingerprint density at radius 3 is 2.32 bits per heavy atom. The molecule has 5 nitrogen and oxygen atoms in total. The molecule has 1 N–H and O–H groups in total. The van der Waals surface area contributed by atoms with Gasteiger partial charge in [0.25, 0.3) is 0 Å². The minimum Gasteiger partial charge on any atom is -0.268 e. The topological polar surface area (TPSA) is 64.0 Å². The molecular formula is C14H14Br2F3N3O2S. The van der Waals surface area contributed by atoms with E-state index < -0.39 is 21.9 Å². The number of hydrogen-bond acceptors (Lipinski definition) is 3. The maximum absolute atomic E-state index is 12.8. The molecule has 1 aromatic carbocycles. The van der Waals surface area contributed by atoms with E-state index in [0.29, 0.717) is 12.1 Å². The van der Waals surface area contributed by atoms with E-state index in [-0.39, 0.29) is 22.5 Å². The second-order valence-corrected chi connectivity index (χ2v) is 8.65. The van der Waals surface area contributed by atoms with Crippen LogP contribution in [0.2, 0.25) is 0 Å². The standard InChI is InChI=1S/C14H14Br2F3N3O2S/c1-9-12(16)13(14(17,18)19)21-22(9)8-2-7-20-25(23,24)11-5-3-10(15)4-6-11/h3-6,20H,2,7-8H2,1H3. The summed E-state index contributed by atoms with van der Waals surface area (Å²) in [5.41, 5.74) is -0.650. The lowest BCUT2D eigenvalue weighted by Crippen LogP contribution is -2.25. The van der Waals surface area contributed by atoms with E-state index in [1.54, 1.807) is 12.1 Å². The molecule has 2 rings (SSSR count). The molecule has 0 radical (unpaired) electrons. The van der Waals surface area contributed by atoms with Gasteiger partial charge in [0.2, 0.25) is 10.0 Å². The van der Waals surface area contributed by atoms with E-state index in [1.165, 1.54) is 23.7 Å². The van der Waals surface area contributed by atoms with Gasteiger partial charge in [-0.1, -0.05) is 15.9 Å². The van der Waals surface area contributed by atoms with Crippen molar-refractivity contribution in [2.24, 2.45) is 0 Å². The van der Waals surface area contributed by atoms with Gasteiger partial charge in [0.15, 0.2) is 5.69 Å². The van der Waals surface area contributed by atoms with Crippen LogP contribution in [0.5, 0.6) is 0 Å². The quantitative estimate of drug-likeness (QED) is 0.602. The van der Waals surface area contributed by atoms with Crippen molar-refractivity contribution in [3.05, 3.63) is 44.6 Å². The molecule has 138 valence electrons. The van der Waals surface area contributed by atoms with Crippen molar-refractivity contribution in [2.75, 3.05) is 6.54 Å². The van der Waals surface area contributed by atoms with Crippen LogP contribution in [0.4, 0.5) is 13.2 Å². The van der Waals surface area contributed by atoms with Gasteiger partial charge in [0.1, 0.15) is 0 Å². The number of rotatable bonds is 6. The molecule has 0 unspecified atom stereocenters. The first-order valence-electron chi connectivity index (χ1n) is 7.07. The zero-order chi connectivity index (χ0) is 18.8. The largest absolute Gasteiger partial charge is 0.436 e. The second kappa shape index (κ2) is 7.77. The molecular weight excluding hydrogens is 491 g/mol. The lowest BCUT2D eigenvalue weighted by molar-refractivity contribution is -0.142. The third kappa shape index (κ3) is 5.05. The first-order valence-corrected chi connectivity index (χ1v) is 10.1. The second-order valence-electron chi connectivity index (χ2n) is 5.17. The number of aryl methyl sites for hydroxylation is 1. The number of nitrogens with one attached hydrogen (secondary N) is 1. The number of aromatic nitrogens is 2. The number of sulfonamides is 1. The molecule has 0 saturated heterocycles. The van der Waals surface area contributed by atoms with Gasteiger partial charge in [-0.2, -0.15) is 18.3 Å². The normalized spacial score (nSPS) is 12.6. The van der Waals surface area contributed by atoms with Gasteiger partial charge in [-0.3, -0.25) is 4.68 Å². The van der Waals surface area contributed by atoms with Crippen LogP contribution in [-0.4, -0.2) is 24.7 Å². The van der Waals surface area contributed by atoms with Crippen LogP contribution in [0.15, 0.2) is 38.1 Å². The Hall–Kier alpha value is -0.910. The van der Waals surface area contributed by atoms with Crippen LogP contribution in [0.1, 0.15) is 17.8 Å². The highest BCUT2D eigenvalue weighted by molar-refractivity contribution is 9.10. The van der Waals surface area contributed by atoms with Gasteiger partial charge in [-0.15, -0.1) is 0 Å². The molecule has 0 amide bonds. The van der Waals surface area contributed by atoms with Crippen molar-refractivity contribution in [3.8, 4) is 0 Å². The molecule has 1 aromatic heterocycles. The Kier molecular flexibility index (Phi) is 6.34. The fourth-order valence-electron chi connectivity index (χ4n) is 2.06. The molecule has 0 aliphatic heterocycles. The van der Waals surface area contributed by atoms with Crippen molar-refractivity contribution >= 4 is 41.9 Å². The molecule has 25 heavy (non-hydrogen) atoms. The van der Waals surface area contributed by atoms with Gasteiger partial charge >= 0.3 is 6.18 Å². The minimum atomic E-state index is -4.54. The van der Waals surface area contributed by atoms with Gasteiger partial charge in [-0.05, 0) is 53.5 Å². The van der Waals surface area contributed by atoms with Crippen molar-refractivity contribution in [1.82, 2.24) is 14.5 Å². The smallest absolute Gasteiger partial charge is 0.268 e. The summed E-state index contributed by atoms with van der Waals surface area (Å²) < 4.78 is 66.9. The fraction of sp³-hybridized carbons (Fsp3) is 0.357. The molecule has 0 bridgehead atoms. The van der Waals surface area contributed by atoms with Gasteiger partial charge in [0, 0.05) is 17.6 Å². The highest BCUT2D eigenvalue weighted by Gasteiger charge is 2.37. The molecule has 0 fully saturated rings. The molecule has 1 heterocycles. The predicted octanol–water partition coefficient (Wildman–Crippen LogP) is 4.10. The Balaban J connectivity index is 1.96. The van der Waals surface area contributed by atoms with E-state index in [0.717, 1.165) is 4.47 Å². The lowest BCUT2D eigenvalue weighted by atomic mass is 10.3. The van der Waals surface area contributed by atoms with Gasteiger partial charge in [0.05, 0.1) is 15.1 Å². The number of halogens is 5. The van der Waals surface area contributed by atoms with Crippen LogP contribution in [0.25, 0.3) is 0 Å². The molecule has 0 spiro atoms. The highest BCUT2D eigenvalue weighted by atomic mass is 79.9. The van der Waals surface area contributed by atoms with E-state index in [9.17, 15) is 21.6 Å². The summed E-state index contributed by atoms with van der Waals surface area (Å²) in [4.78, 5) is 0.119. The lowest BCUT2D eigenvalue weighted by Gasteiger charge is -2.08. The molecule has 0 aliphatic rings. The number of nitrogens with zero attached hydrogens (tertiary/aromatic N) is 2. The van der Waals surface area contributed by atoms with E-state index in [4.69, 9.17) is 0 Å². The fourth-order valence-corrected chi connectivity index (χ4v) is 3.90. The van der Waals surface area contributed by atoms with Crippen molar-refractivity contribution < 1.29 is 21.6 Å². The Labute approximate surface area is 159 Å². The predicted molar refractivity (Wildman–Crippen MR) is 93.6 cm³/mol. The number of hydrogen-bond donors (Lipinski definition) is 1. The summed E-state index contributed by atoms with van der Waals surface area (Å²) >= 11 is 6.12. The molecule has 0 atom stereocenters. The van der Waals surface area contributed by atoms with Crippen LogP contribution >= 0.6 is 31.9 Å². The van der Waals surface area contributed by atoms with Crippen LogP contribution < -0.4 is 4.72 Å². The van der Waals surface area contributed by atoms with Crippen molar-refractivity contribution in [1.29, 1.82) is 0 Å². The molecule has 11 heteroatoms. The summed E-state index contributed by atoms with van der Waals surface area (Å²) in [7, 11) is -3.66. The number of benzene rings is 1. The van der Waals surface area contributed by atoms with Crippen LogP contribution in [0.3, 0.4) is 0 Å². The van der Waals surface area contributed by atoms with Crippen molar-refractivity contribution in [3.63, 3.8) is 0 Å². The third-order valence-electron chi connectivity index (χ3n) is 3.36. The van der Waals surface area contributed by atoms with Gasteiger partial charge < -0.3 is 0 Å². The monoisotopic (exact) mass is 503 g/mol. The van der Waals surface area contributed by atoms with Gasteiger partial charge in [-0.25, -0.2) is 13.1 Å². The Morgan fingerprint density at radius 1 is 1.20 bits per heavy atom. The number of alkyl halides is 3. The summed E-state index contributed by atoms with van der Waals surface area (Å²) in [6, 6.07) is 6.13.